The molecule has 38 heavy (non-hydrogen) atoms. The molecule has 0 saturated heterocycles. The van der Waals surface area contributed by atoms with E-state index in [0.717, 1.165) is 22.2 Å². The van der Waals surface area contributed by atoms with E-state index in [0.29, 0.717) is 38.0 Å². The van der Waals surface area contributed by atoms with Crippen LogP contribution < -0.4 is 5.56 Å². The van der Waals surface area contributed by atoms with Crippen LogP contribution in [0.25, 0.3) is 38.4 Å². The van der Waals surface area contributed by atoms with E-state index >= 15 is 0 Å². The lowest BCUT2D eigenvalue weighted by Gasteiger charge is -2.14. The molecule has 0 unspecified atom stereocenters. The largest absolute Gasteiger partial charge is 0.321 e. The Morgan fingerprint density at radius 2 is 1.76 bits per heavy atom. The van der Waals surface area contributed by atoms with Gasteiger partial charge >= 0.3 is 0 Å². The Balaban J connectivity index is 1.60. The van der Waals surface area contributed by atoms with Crippen LogP contribution in [0.4, 0.5) is 10.1 Å². The van der Waals surface area contributed by atoms with Crippen molar-refractivity contribution in [3.63, 3.8) is 0 Å². The first-order valence-corrected chi connectivity index (χ1v) is 13.0. The Morgan fingerprint density at radius 3 is 2.47 bits per heavy atom. The van der Waals surface area contributed by atoms with Gasteiger partial charge in [0.1, 0.15) is 5.82 Å². The minimum Gasteiger partial charge on any atom is -0.321 e. The number of H-pyrrole nitrogens is 1. The van der Waals surface area contributed by atoms with E-state index in [1.54, 1.807) is 16.7 Å². The van der Waals surface area contributed by atoms with Gasteiger partial charge in [0.2, 0.25) is 5.16 Å². The number of non-ortho nitro benzene ring substituents is 1. The predicted molar refractivity (Wildman–Crippen MR) is 145 cm³/mol. The second kappa shape index (κ2) is 9.69. The van der Waals surface area contributed by atoms with Crippen LogP contribution in [0, 0.1) is 15.9 Å². The first kappa shape index (κ1) is 23.8. The van der Waals surface area contributed by atoms with E-state index in [4.69, 9.17) is 0 Å². The van der Waals surface area contributed by atoms with Gasteiger partial charge in [0.05, 0.1) is 14.7 Å². The highest BCUT2D eigenvalue weighted by atomic mass is 32.2. The molecule has 11 heteroatoms. The summed E-state index contributed by atoms with van der Waals surface area (Å²) in [4.78, 5) is 28.6. The Hall–Kier alpha value is -4.61. The molecule has 0 bridgehead atoms. The van der Waals surface area contributed by atoms with E-state index in [1.807, 2.05) is 47.8 Å². The number of thiophene rings is 1. The number of rotatable bonds is 6. The lowest BCUT2D eigenvalue weighted by molar-refractivity contribution is -0.384. The number of nitrogens with one attached hydrogen (secondary N) is 1. The first-order valence-electron chi connectivity index (χ1n) is 11.3. The lowest BCUT2D eigenvalue weighted by atomic mass is 10.0. The van der Waals surface area contributed by atoms with Gasteiger partial charge in [0.25, 0.3) is 11.2 Å². The summed E-state index contributed by atoms with van der Waals surface area (Å²) in [6.07, 6.45) is 0. The molecule has 3 aromatic heterocycles. The monoisotopic (exact) mass is 541 g/mol. The maximum Gasteiger partial charge on any atom is 0.270 e. The normalized spacial score (nSPS) is 11.2. The maximum atomic E-state index is 13.7. The van der Waals surface area contributed by atoms with Crippen molar-refractivity contribution >= 4 is 39.7 Å². The molecule has 0 aliphatic carbocycles. The smallest absolute Gasteiger partial charge is 0.270 e. The number of nitrogens with zero attached hydrogens (tertiary/aromatic N) is 4. The van der Waals surface area contributed by atoms with Gasteiger partial charge < -0.3 is 4.98 Å². The summed E-state index contributed by atoms with van der Waals surface area (Å²) in [6, 6.07) is 23.3. The highest BCUT2D eigenvalue weighted by molar-refractivity contribution is 7.99. The Labute approximate surface area is 222 Å². The summed E-state index contributed by atoms with van der Waals surface area (Å²) < 4.78 is 15.5. The molecule has 6 rings (SSSR count). The topological polar surface area (TPSA) is 107 Å². The van der Waals surface area contributed by atoms with Gasteiger partial charge in [-0.1, -0.05) is 36.4 Å². The maximum absolute atomic E-state index is 13.7. The van der Waals surface area contributed by atoms with Crippen LogP contribution in [0.15, 0.2) is 105 Å². The fourth-order valence-electron chi connectivity index (χ4n) is 4.18. The molecule has 0 saturated carbocycles. The van der Waals surface area contributed by atoms with Crippen molar-refractivity contribution in [2.75, 3.05) is 0 Å². The number of aromatic amines is 1. The highest BCUT2D eigenvalue weighted by Crippen LogP contribution is 2.40. The molecule has 6 aromatic rings. The fraction of sp³-hybridized carbons (Fsp3) is 0. The molecule has 0 amide bonds. The second-order valence-electron chi connectivity index (χ2n) is 8.21. The standard InChI is InChI=1S/C27H16FN5O3S2/c28-17-8-10-18(11-9-17)32-25(22-7-4-14-37-22)30-31-27(32)38-24-23(16-5-2-1-3-6-16)20-15-19(33(35)36)12-13-21(20)29-26(24)34/h1-15H,(H,29,34). The van der Waals surface area contributed by atoms with Crippen LogP contribution in [-0.2, 0) is 0 Å². The fourth-order valence-corrected chi connectivity index (χ4v) is 5.90. The summed E-state index contributed by atoms with van der Waals surface area (Å²) in [5, 5.41) is 23.2. The average Bonchev–Trinajstić information content (AvgIpc) is 3.60. The zero-order valence-electron chi connectivity index (χ0n) is 19.4. The first-order chi connectivity index (χ1) is 18.5. The van der Waals surface area contributed by atoms with Crippen molar-refractivity contribution in [1.29, 1.82) is 0 Å². The minimum absolute atomic E-state index is 0.0906. The number of hydrogen-bond donors (Lipinski definition) is 1. The molecule has 0 fully saturated rings. The summed E-state index contributed by atoms with van der Waals surface area (Å²) >= 11 is 2.57. The predicted octanol–water partition coefficient (Wildman–Crippen LogP) is 6.70. The van der Waals surface area contributed by atoms with Crippen LogP contribution in [0.1, 0.15) is 0 Å². The van der Waals surface area contributed by atoms with Crippen molar-refractivity contribution in [3.05, 3.63) is 117 Å². The number of hydrogen-bond acceptors (Lipinski definition) is 7. The van der Waals surface area contributed by atoms with E-state index < -0.39 is 4.92 Å². The number of halogens is 1. The van der Waals surface area contributed by atoms with Crippen LogP contribution in [0.2, 0.25) is 0 Å². The zero-order valence-corrected chi connectivity index (χ0v) is 21.0. The molecule has 3 heterocycles. The van der Waals surface area contributed by atoms with Crippen molar-refractivity contribution in [1.82, 2.24) is 19.7 Å². The number of fused-ring (bicyclic) bond motifs is 1. The van der Waals surface area contributed by atoms with Crippen molar-refractivity contribution in [2.24, 2.45) is 0 Å². The van der Waals surface area contributed by atoms with Gasteiger partial charge in [0, 0.05) is 34.3 Å². The Bertz CT molecular complexity index is 1850. The molecule has 8 nitrogen and oxygen atoms in total. The summed E-state index contributed by atoms with van der Waals surface area (Å²) in [6.45, 7) is 0. The molecule has 0 aliphatic rings. The van der Waals surface area contributed by atoms with Crippen LogP contribution in [0.5, 0.6) is 0 Å². The molecule has 3 aromatic carbocycles. The van der Waals surface area contributed by atoms with Gasteiger partial charge in [-0.2, -0.15) is 0 Å². The van der Waals surface area contributed by atoms with Crippen molar-refractivity contribution < 1.29 is 9.31 Å². The van der Waals surface area contributed by atoms with Gasteiger partial charge in [-0.3, -0.25) is 19.5 Å². The van der Waals surface area contributed by atoms with Crippen LogP contribution in [-0.4, -0.2) is 24.7 Å². The van der Waals surface area contributed by atoms with E-state index in [1.165, 1.54) is 41.7 Å². The SMILES string of the molecule is O=c1[nH]c2ccc([N+](=O)[O-])cc2c(-c2ccccc2)c1Sc1nnc(-c2cccs2)n1-c1ccc(F)cc1. The highest BCUT2D eigenvalue weighted by Gasteiger charge is 2.23. The Kier molecular flexibility index (Phi) is 6.06. The molecular weight excluding hydrogens is 525 g/mol. The van der Waals surface area contributed by atoms with Gasteiger partial charge in [-0.15, -0.1) is 21.5 Å². The van der Waals surface area contributed by atoms with Crippen molar-refractivity contribution in [3.8, 4) is 27.5 Å². The minimum atomic E-state index is -0.468. The lowest BCUT2D eigenvalue weighted by Crippen LogP contribution is -2.11. The summed E-state index contributed by atoms with van der Waals surface area (Å²) in [5.41, 5.74) is 1.90. The zero-order chi connectivity index (χ0) is 26.2. The quantitative estimate of drug-likeness (QED) is 0.186. The van der Waals surface area contributed by atoms with E-state index in [2.05, 4.69) is 15.2 Å². The van der Waals surface area contributed by atoms with Gasteiger partial charge in [-0.25, -0.2) is 4.39 Å². The second-order valence-corrected chi connectivity index (χ2v) is 10.1. The molecular formula is C27H16FN5O3S2. The van der Waals surface area contributed by atoms with Crippen molar-refractivity contribution in [2.45, 2.75) is 10.1 Å². The molecule has 0 spiro atoms. The Morgan fingerprint density at radius 1 is 0.974 bits per heavy atom. The molecule has 0 aliphatic heterocycles. The van der Waals surface area contributed by atoms with Gasteiger partial charge in [-0.05, 0) is 59.1 Å². The van der Waals surface area contributed by atoms with Crippen LogP contribution in [0.3, 0.4) is 0 Å². The van der Waals surface area contributed by atoms with E-state index in [9.17, 15) is 19.3 Å². The number of pyridine rings is 1. The third-order valence-electron chi connectivity index (χ3n) is 5.88. The number of nitro groups is 1. The molecule has 186 valence electrons. The molecule has 1 N–H and O–H groups in total. The third-order valence-corrected chi connectivity index (χ3v) is 7.79. The number of nitro benzene ring substituents is 1. The molecule has 0 atom stereocenters. The van der Waals surface area contributed by atoms with Gasteiger partial charge in [0.15, 0.2) is 5.82 Å². The number of benzene rings is 3. The molecule has 0 radical (unpaired) electrons. The number of aromatic nitrogens is 4. The summed E-state index contributed by atoms with van der Waals surface area (Å²) in [5.74, 6) is 0.163. The van der Waals surface area contributed by atoms with E-state index in [-0.39, 0.29) is 17.1 Å². The average molecular weight is 542 g/mol. The van der Waals surface area contributed by atoms with Crippen LogP contribution >= 0.6 is 23.1 Å². The third kappa shape index (κ3) is 4.27. The summed E-state index contributed by atoms with van der Waals surface area (Å²) in [7, 11) is 0.